The van der Waals surface area contributed by atoms with Crippen molar-refractivity contribution in [2.75, 3.05) is 19.6 Å². The highest BCUT2D eigenvalue weighted by atomic mass is 32.1. The minimum atomic E-state index is -0.925. The molecule has 0 saturated carbocycles. The van der Waals surface area contributed by atoms with Crippen LogP contribution >= 0.6 is 12.2 Å². The third-order valence-corrected chi connectivity index (χ3v) is 4.56. The standard InChI is InChI=1S/C14H17N3O3S/c18-12-3-1-2-11-10-4-9(7-17(11)12)6-16(8-10)14(21)15-5-13(19)20/h1-3,9-10H,4-8H2,(H,15,21)(H,19,20)/t9-,10-/m0/s1. The first-order valence-electron chi connectivity index (χ1n) is 6.99. The van der Waals surface area contributed by atoms with Crippen LogP contribution in [0.4, 0.5) is 0 Å². The summed E-state index contributed by atoms with van der Waals surface area (Å²) in [6, 6.07) is 5.40. The number of likely N-dealkylation sites (tertiary alicyclic amines) is 1. The molecule has 2 bridgehead atoms. The van der Waals surface area contributed by atoms with Gasteiger partial charge in [0.1, 0.15) is 6.54 Å². The minimum absolute atomic E-state index is 0.0576. The number of thiocarbonyl (C=S) groups is 1. The van der Waals surface area contributed by atoms with Crippen molar-refractivity contribution in [2.45, 2.75) is 18.9 Å². The Balaban J connectivity index is 1.77. The van der Waals surface area contributed by atoms with Crippen LogP contribution in [0.2, 0.25) is 0 Å². The van der Waals surface area contributed by atoms with E-state index in [0.29, 0.717) is 17.6 Å². The highest BCUT2D eigenvalue weighted by molar-refractivity contribution is 7.80. The van der Waals surface area contributed by atoms with E-state index in [9.17, 15) is 9.59 Å². The smallest absolute Gasteiger partial charge is 0.322 e. The molecule has 0 spiro atoms. The third kappa shape index (κ3) is 2.78. The number of carbonyl (C=O) groups is 1. The van der Waals surface area contributed by atoms with Crippen molar-refractivity contribution in [1.29, 1.82) is 0 Å². The summed E-state index contributed by atoms with van der Waals surface area (Å²) in [7, 11) is 0. The molecule has 0 amide bonds. The highest BCUT2D eigenvalue weighted by Gasteiger charge is 2.35. The van der Waals surface area contributed by atoms with Crippen molar-refractivity contribution in [2.24, 2.45) is 5.92 Å². The van der Waals surface area contributed by atoms with Crippen LogP contribution in [0.15, 0.2) is 23.0 Å². The summed E-state index contributed by atoms with van der Waals surface area (Å²) in [5.74, 6) is -0.275. The zero-order valence-corrected chi connectivity index (χ0v) is 12.3. The molecule has 2 aliphatic rings. The summed E-state index contributed by atoms with van der Waals surface area (Å²) in [6.45, 7) is 2.04. The van der Waals surface area contributed by atoms with Crippen LogP contribution in [0, 0.1) is 5.92 Å². The Kier molecular flexibility index (Phi) is 3.67. The van der Waals surface area contributed by atoms with E-state index in [2.05, 4.69) is 5.32 Å². The lowest BCUT2D eigenvalue weighted by molar-refractivity contribution is -0.135. The van der Waals surface area contributed by atoms with E-state index in [4.69, 9.17) is 17.3 Å². The Morgan fingerprint density at radius 3 is 2.95 bits per heavy atom. The predicted molar refractivity (Wildman–Crippen MR) is 81.4 cm³/mol. The number of carboxylic acid groups (broad SMARTS) is 1. The summed E-state index contributed by atoms with van der Waals surface area (Å²) in [5, 5.41) is 12.0. The first kappa shape index (κ1) is 14.1. The SMILES string of the molecule is O=C(O)CNC(=S)N1C[C@@H]2C[C@@H](C1)c1cccc(=O)n1C2. The van der Waals surface area contributed by atoms with E-state index < -0.39 is 5.97 Å². The number of pyridine rings is 1. The predicted octanol–water partition coefficient (Wildman–Crippen LogP) is 0.226. The summed E-state index contributed by atoms with van der Waals surface area (Å²) in [4.78, 5) is 24.6. The van der Waals surface area contributed by atoms with Gasteiger partial charge in [-0.3, -0.25) is 9.59 Å². The van der Waals surface area contributed by atoms with Gasteiger partial charge in [0.05, 0.1) is 0 Å². The van der Waals surface area contributed by atoms with Crippen molar-refractivity contribution in [3.63, 3.8) is 0 Å². The molecule has 0 aliphatic carbocycles. The number of carboxylic acids is 1. The van der Waals surface area contributed by atoms with Gasteiger partial charge in [0.15, 0.2) is 5.11 Å². The maximum absolute atomic E-state index is 11.9. The quantitative estimate of drug-likeness (QED) is 0.762. The summed E-state index contributed by atoms with van der Waals surface area (Å²) in [5.41, 5.74) is 1.12. The molecule has 6 nitrogen and oxygen atoms in total. The van der Waals surface area contributed by atoms with E-state index in [1.165, 1.54) is 0 Å². The van der Waals surface area contributed by atoms with Gasteiger partial charge < -0.3 is 19.9 Å². The van der Waals surface area contributed by atoms with Gasteiger partial charge in [-0.15, -0.1) is 0 Å². The highest BCUT2D eigenvalue weighted by Crippen LogP contribution is 2.34. The number of nitrogens with zero attached hydrogens (tertiary/aromatic N) is 2. The molecule has 112 valence electrons. The number of hydrogen-bond acceptors (Lipinski definition) is 3. The normalized spacial score (nSPS) is 23.3. The first-order chi connectivity index (χ1) is 10.0. The molecular weight excluding hydrogens is 290 g/mol. The number of piperidine rings is 1. The van der Waals surface area contributed by atoms with E-state index in [-0.39, 0.29) is 18.0 Å². The number of rotatable bonds is 2. The van der Waals surface area contributed by atoms with Gasteiger partial charge in [-0.1, -0.05) is 6.07 Å². The molecule has 2 aliphatic heterocycles. The summed E-state index contributed by atoms with van der Waals surface area (Å²) >= 11 is 5.28. The molecule has 0 unspecified atom stereocenters. The lowest BCUT2D eigenvalue weighted by atomic mass is 9.83. The molecule has 2 N–H and O–H groups in total. The number of fused-ring (bicyclic) bond motifs is 4. The number of aliphatic carboxylic acids is 1. The first-order valence-corrected chi connectivity index (χ1v) is 7.39. The lowest BCUT2D eigenvalue weighted by Crippen LogP contribution is -2.52. The van der Waals surface area contributed by atoms with Gasteiger partial charge in [-0.25, -0.2) is 0 Å². The molecule has 7 heteroatoms. The zero-order valence-electron chi connectivity index (χ0n) is 11.5. The Hall–Kier alpha value is -1.89. The largest absolute Gasteiger partial charge is 0.480 e. The Morgan fingerprint density at radius 1 is 1.38 bits per heavy atom. The summed E-state index contributed by atoms with van der Waals surface area (Å²) in [6.07, 6.45) is 1.06. The minimum Gasteiger partial charge on any atom is -0.480 e. The molecule has 21 heavy (non-hydrogen) atoms. The van der Waals surface area contributed by atoms with Crippen LogP contribution in [-0.2, 0) is 11.3 Å². The fraction of sp³-hybridized carbons (Fsp3) is 0.500. The van der Waals surface area contributed by atoms with Gasteiger partial charge in [0.2, 0.25) is 0 Å². The second kappa shape index (κ2) is 5.48. The fourth-order valence-corrected chi connectivity index (χ4v) is 3.55. The van der Waals surface area contributed by atoms with Crippen molar-refractivity contribution >= 4 is 23.3 Å². The monoisotopic (exact) mass is 307 g/mol. The molecule has 1 saturated heterocycles. The number of nitrogens with one attached hydrogen (secondary N) is 1. The summed E-state index contributed by atoms with van der Waals surface area (Å²) < 4.78 is 1.86. The van der Waals surface area contributed by atoms with Gasteiger partial charge in [-0.2, -0.15) is 0 Å². The van der Waals surface area contributed by atoms with Gasteiger partial charge in [0, 0.05) is 37.3 Å². The van der Waals surface area contributed by atoms with Crippen LogP contribution in [0.1, 0.15) is 18.0 Å². The van der Waals surface area contributed by atoms with Crippen molar-refractivity contribution in [3.8, 4) is 0 Å². The van der Waals surface area contributed by atoms with Crippen molar-refractivity contribution in [3.05, 3.63) is 34.2 Å². The van der Waals surface area contributed by atoms with E-state index >= 15 is 0 Å². The molecule has 2 atom stereocenters. The average Bonchev–Trinajstić information content (AvgIpc) is 2.45. The van der Waals surface area contributed by atoms with Crippen LogP contribution < -0.4 is 10.9 Å². The van der Waals surface area contributed by atoms with Crippen molar-refractivity contribution in [1.82, 2.24) is 14.8 Å². The van der Waals surface area contributed by atoms with Crippen LogP contribution in [0.3, 0.4) is 0 Å². The second-order valence-electron chi connectivity index (χ2n) is 5.66. The van der Waals surface area contributed by atoms with E-state index in [0.717, 1.165) is 25.2 Å². The maximum atomic E-state index is 11.9. The second-order valence-corrected chi connectivity index (χ2v) is 6.04. The van der Waals surface area contributed by atoms with Gasteiger partial charge >= 0.3 is 5.97 Å². The van der Waals surface area contributed by atoms with E-state index in [1.807, 2.05) is 15.5 Å². The van der Waals surface area contributed by atoms with Crippen molar-refractivity contribution < 1.29 is 9.90 Å². The van der Waals surface area contributed by atoms with Crippen LogP contribution in [-0.4, -0.2) is 45.3 Å². The molecule has 1 aromatic rings. The Labute approximate surface area is 127 Å². The number of hydrogen-bond donors (Lipinski definition) is 2. The molecular formula is C14H17N3O3S. The van der Waals surface area contributed by atoms with Gasteiger partial charge in [-0.05, 0) is 30.6 Å². The van der Waals surface area contributed by atoms with Crippen LogP contribution in [0.5, 0.6) is 0 Å². The molecule has 1 aromatic heterocycles. The Bertz CT molecular complexity index is 643. The third-order valence-electron chi connectivity index (χ3n) is 4.16. The molecule has 3 heterocycles. The average molecular weight is 307 g/mol. The fourth-order valence-electron chi connectivity index (χ4n) is 3.33. The molecule has 1 fully saturated rings. The zero-order chi connectivity index (χ0) is 15.0. The van der Waals surface area contributed by atoms with Crippen LogP contribution in [0.25, 0.3) is 0 Å². The van der Waals surface area contributed by atoms with Gasteiger partial charge in [0.25, 0.3) is 5.56 Å². The van der Waals surface area contributed by atoms with E-state index in [1.54, 1.807) is 12.1 Å². The molecule has 0 radical (unpaired) electrons. The molecule has 0 aromatic carbocycles. The molecule has 3 rings (SSSR count). The number of aromatic nitrogens is 1. The maximum Gasteiger partial charge on any atom is 0.322 e. The Morgan fingerprint density at radius 2 is 2.19 bits per heavy atom. The topological polar surface area (TPSA) is 74.6 Å². The lowest BCUT2D eigenvalue weighted by Gasteiger charge is -2.43.